The zero-order valence-corrected chi connectivity index (χ0v) is 11.5. The maximum Gasteiger partial charge on any atom is 0.155 e. The predicted molar refractivity (Wildman–Crippen MR) is 74.3 cm³/mol. The molecule has 0 aliphatic heterocycles. The second kappa shape index (κ2) is 5.41. The predicted octanol–water partition coefficient (Wildman–Crippen LogP) is 3.41. The molecule has 1 heterocycles. The molecule has 0 aliphatic rings. The van der Waals surface area contributed by atoms with Crippen LogP contribution in [0.4, 0.5) is 4.39 Å². The molecular weight excluding hydrogens is 319 g/mol. The molecule has 3 nitrogen and oxygen atoms in total. The van der Waals surface area contributed by atoms with Crippen molar-refractivity contribution in [3.63, 3.8) is 0 Å². The summed E-state index contributed by atoms with van der Waals surface area (Å²) in [5, 5.41) is 0. The lowest BCUT2D eigenvalue weighted by Gasteiger charge is -2.10. The van der Waals surface area contributed by atoms with Crippen molar-refractivity contribution >= 4 is 33.1 Å². The fraction of sp³-hybridized carbons (Fsp3) is 0. The number of benzene rings is 1. The Morgan fingerprint density at radius 1 is 1.33 bits per heavy atom. The molecule has 0 unspecified atom stereocenters. The Labute approximate surface area is 117 Å². The molecule has 2 aromatic rings. The minimum atomic E-state index is -0.352. The third-order valence-electron chi connectivity index (χ3n) is 2.16. The van der Waals surface area contributed by atoms with Crippen LogP contribution in [0.5, 0.6) is 11.5 Å². The van der Waals surface area contributed by atoms with E-state index in [4.69, 9.17) is 22.7 Å². The molecule has 0 aliphatic carbocycles. The first kappa shape index (κ1) is 12.9. The lowest BCUT2D eigenvalue weighted by Crippen LogP contribution is -2.10. The van der Waals surface area contributed by atoms with E-state index in [9.17, 15) is 4.39 Å². The van der Waals surface area contributed by atoms with Gasteiger partial charge >= 0.3 is 0 Å². The van der Waals surface area contributed by atoms with Gasteiger partial charge in [-0.05, 0) is 40.2 Å². The van der Waals surface area contributed by atoms with E-state index in [1.165, 1.54) is 24.4 Å². The minimum Gasteiger partial charge on any atom is -0.454 e. The first-order chi connectivity index (χ1) is 8.58. The van der Waals surface area contributed by atoms with Crippen molar-refractivity contribution in [2.24, 2.45) is 5.73 Å². The third-order valence-corrected chi connectivity index (χ3v) is 3.00. The first-order valence-corrected chi connectivity index (χ1v) is 6.15. The second-order valence-electron chi connectivity index (χ2n) is 3.41. The number of nitrogens with two attached hydrogens (primary N) is 1. The highest BCUT2D eigenvalue weighted by atomic mass is 79.9. The summed E-state index contributed by atoms with van der Waals surface area (Å²) in [7, 11) is 0. The normalized spacial score (nSPS) is 10.1. The van der Waals surface area contributed by atoms with Crippen molar-refractivity contribution in [3.05, 3.63) is 52.5 Å². The fourth-order valence-electron chi connectivity index (χ4n) is 1.34. The SMILES string of the molecule is NC(=S)c1ccncc1Oc1ccc(F)cc1Br. The van der Waals surface area contributed by atoms with E-state index < -0.39 is 0 Å². The second-order valence-corrected chi connectivity index (χ2v) is 4.71. The van der Waals surface area contributed by atoms with Crippen molar-refractivity contribution in [2.45, 2.75) is 0 Å². The molecule has 1 aromatic carbocycles. The molecule has 0 saturated carbocycles. The van der Waals surface area contributed by atoms with Gasteiger partial charge in [-0.25, -0.2) is 4.39 Å². The monoisotopic (exact) mass is 326 g/mol. The molecular formula is C12H8BrFN2OS. The van der Waals surface area contributed by atoms with E-state index in [1.54, 1.807) is 12.3 Å². The van der Waals surface area contributed by atoms with Gasteiger partial charge in [0.15, 0.2) is 5.75 Å². The number of hydrogen-bond acceptors (Lipinski definition) is 3. The van der Waals surface area contributed by atoms with Crippen LogP contribution >= 0.6 is 28.1 Å². The molecule has 92 valence electrons. The molecule has 0 saturated heterocycles. The molecule has 0 bridgehead atoms. The molecule has 2 rings (SSSR count). The van der Waals surface area contributed by atoms with Gasteiger partial charge in [0.2, 0.25) is 0 Å². The molecule has 0 fully saturated rings. The molecule has 0 spiro atoms. The molecule has 18 heavy (non-hydrogen) atoms. The van der Waals surface area contributed by atoms with Crippen LogP contribution in [-0.4, -0.2) is 9.97 Å². The number of halogens is 2. The maximum absolute atomic E-state index is 13.0. The Kier molecular flexibility index (Phi) is 3.88. The number of nitrogens with zero attached hydrogens (tertiary/aromatic N) is 1. The van der Waals surface area contributed by atoms with Gasteiger partial charge in [0.1, 0.15) is 16.6 Å². The topological polar surface area (TPSA) is 48.1 Å². The summed E-state index contributed by atoms with van der Waals surface area (Å²) in [6.07, 6.45) is 3.07. The number of hydrogen-bond donors (Lipinski definition) is 1. The molecule has 0 radical (unpaired) electrons. The highest BCUT2D eigenvalue weighted by molar-refractivity contribution is 9.10. The Morgan fingerprint density at radius 3 is 2.78 bits per heavy atom. The Morgan fingerprint density at radius 2 is 2.11 bits per heavy atom. The number of rotatable bonds is 3. The molecule has 2 N–H and O–H groups in total. The van der Waals surface area contributed by atoms with E-state index in [0.29, 0.717) is 21.5 Å². The van der Waals surface area contributed by atoms with Crippen molar-refractivity contribution in [2.75, 3.05) is 0 Å². The molecule has 6 heteroatoms. The highest BCUT2D eigenvalue weighted by Gasteiger charge is 2.09. The van der Waals surface area contributed by atoms with Crippen LogP contribution in [-0.2, 0) is 0 Å². The third kappa shape index (κ3) is 2.83. The van der Waals surface area contributed by atoms with Crippen LogP contribution in [0.3, 0.4) is 0 Å². The summed E-state index contributed by atoms with van der Waals surface area (Å²) in [5.41, 5.74) is 6.16. The van der Waals surface area contributed by atoms with Crippen LogP contribution in [0.1, 0.15) is 5.56 Å². The zero-order valence-electron chi connectivity index (χ0n) is 9.06. The highest BCUT2D eigenvalue weighted by Crippen LogP contribution is 2.31. The quantitative estimate of drug-likeness (QED) is 0.878. The maximum atomic E-state index is 13.0. The summed E-state index contributed by atoms with van der Waals surface area (Å²) >= 11 is 8.13. The minimum absolute atomic E-state index is 0.214. The van der Waals surface area contributed by atoms with Gasteiger partial charge in [-0.3, -0.25) is 4.98 Å². The lowest BCUT2D eigenvalue weighted by atomic mass is 10.2. The van der Waals surface area contributed by atoms with Crippen molar-refractivity contribution in [1.82, 2.24) is 4.98 Å². The van der Waals surface area contributed by atoms with Crippen molar-refractivity contribution in [3.8, 4) is 11.5 Å². The van der Waals surface area contributed by atoms with Crippen LogP contribution in [0.2, 0.25) is 0 Å². The first-order valence-electron chi connectivity index (χ1n) is 4.94. The van der Waals surface area contributed by atoms with Crippen LogP contribution in [0.15, 0.2) is 41.1 Å². The van der Waals surface area contributed by atoms with Gasteiger partial charge in [-0.15, -0.1) is 0 Å². The van der Waals surface area contributed by atoms with Gasteiger partial charge in [0, 0.05) is 6.20 Å². The van der Waals surface area contributed by atoms with Crippen molar-refractivity contribution < 1.29 is 9.13 Å². The van der Waals surface area contributed by atoms with Gasteiger partial charge in [0.25, 0.3) is 0 Å². The average molecular weight is 327 g/mol. The smallest absolute Gasteiger partial charge is 0.155 e. The summed E-state index contributed by atoms with van der Waals surface area (Å²) in [6.45, 7) is 0. The number of thiocarbonyl (C=S) groups is 1. The van der Waals surface area contributed by atoms with Gasteiger partial charge in [-0.1, -0.05) is 12.2 Å². The van der Waals surface area contributed by atoms with Gasteiger partial charge in [-0.2, -0.15) is 0 Å². The number of pyridine rings is 1. The van der Waals surface area contributed by atoms with Crippen molar-refractivity contribution in [1.29, 1.82) is 0 Å². The molecule has 1 aromatic heterocycles. The van der Waals surface area contributed by atoms with Crippen LogP contribution in [0, 0.1) is 5.82 Å². The summed E-state index contributed by atoms with van der Waals surface area (Å²) in [4.78, 5) is 4.16. The fourth-order valence-corrected chi connectivity index (χ4v) is 1.94. The van der Waals surface area contributed by atoms with Crippen LogP contribution < -0.4 is 10.5 Å². The zero-order chi connectivity index (χ0) is 13.1. The van der Waals surface area contributed by atoms with E-state index in [0.717, 1.165) is 0 Å². The molecule has 0 atom stereocenters. The summed E-state index contributed by atoms with van der Waals surface area (Å²) < 4.78 is 19.1. The Balaban J connectivity index is 2.37. The lowest BCUT2D eigenvalue weighted by molar-refractivity contribution is 0.474. The number of ether oxygens (including phenoxy) is 1. The summed E-state index contributed by atoms with van der Waals surface area (Å²) in [6, 6.07) is 5.79. The Bertz CT molecular complexity index is 606. The van der Waals surface area contributed by atoms with E-state index in [-0.39, 0.29) is 10.8 Å². The van der Waals surface area contributed by atoms with Gasteiger partial charge < -0.3 is 10.5 Å². The Hall–Kier alpha value is -1.53. The molecule has 0 amide bonds. The van der Waals surface area contributed by atoms with E-state index >= 15 is 0 Å². The standard InChI is InChI=1S/C12H8BrFN2OS/c13-9-5-7(14)1-2-10(9)17-11-6-16-4-3-8(11)12(15)18/h1-6H,(H2,15,18). The van der Waals surface area contributed by atoms with E-state index in [1.807, 2.05) is 0 Å². The largest absolute Gasteiger partial charge is 0.454 e. The number of aromatic nitrogens is 1. The van der Waals surface area contributed by atoms with E-state index in [2.05, 4.69) is 20.9 Å². The summed E-state index contributed by atoms with van der Waals surface area (Å²) in [5.74, 6) is 0.536. The van der Waals surface area contributed by atoms with Crippen LogP contribution in [0.25, 0.3) is 0 Å². The van der Waals surface area contributed by atoms with Gasteiger partial charge in [0.05, 0.1) is 16.2 Å². The average Bonchev–Trinajstić information content (AvgIpc) is 2.33.